The summed E-state index contributed by atoms with van der Waals surface area (Å²) in [6.07, 6.45) is 1.38. The number of hydrogen-bond donors (Lipinski definition) is 1. The smallest absolute Gasteiger partial charge is 0.264 e. The highest BCUT2D eigenvalue weighted by molar-refractivity contribution is 14.1. The van der Waals surface area contributed by atoms with E-state index >= 15 is 0 Å². The van der Waals surface area contributed by atoms with Crippen LogP contribution in [0, 0.1) is 14.9 Å². The molecule has 1 aromatic carbocycles. The number of halogens is 1. The number of nitrogens with zero attached hydrogens (tertiary/aromatic N) is 2. The average Bonchev–Trinajstić information content (AvgIpc) is 2.41. The van der Waals surface area contributed by atoms with E-state index in [1.54, 1.807) is 24.3 Å². The molecule has 0 atom stereocenters. The zero-order valence-corrected chi connectivity index (χ0v) is 12.5. The van der Waals surface area contributed by atoms with Crippen molar-refractivity contribution in [3.05, 3.63) is 51.9 Å². The largest absolute Gasteiger partial charge is 0.278 e. The molecule has 0 radical (unpaired) electrons. The molecule has 0 unspecified atom stereocenters. The summed E-state index contributed by atoms with van der Waals surface area (Å²) in [7, 11) is -3.82. The second-order valence-electron chi connectivity index (χ2n) is 3.55. The van der Waals surface area contributed by atoms with E-state index in [1.807, 2.05) is 28.7 Å². The molecule has 7 heteroatoms. The topological polar surface area (TPSA) is 82.8 Å². The number of sulfonamides is 1. The SMILES string of the molecule is N#Cc1ncccc1S(=O)(=O)Nc1ccccc1I. The van der Waals surface area contributed by atoms with Gasteiger partial charge in [-0.15, -0.1) is 0 Å². The predicted molar refractivity (Wildman–Crippen MR) is 78.9 cm³/mol. The average molecular weight is 385 g/mol. The van der Waals surface area contributed by atoms with Crippen LogP contribution in [-0.2, 0) is 10.0 Å². The highest BCUT2D eigenvalue weighted by Crippen LogP contribution is 2.22. The molecule has 0 bridgehead atoms. The van der Waals surface area contributed by atoms with E-state index in [9.17, 15) is 8.42 Å². The Morgan fingerprint density at radius 1 is 1.21 bits per heavy atom. The van der Waals surface area contributed by atoms with E-state index in [-0.39, 0.29) is 10.6 Å². The number of para-hydroxylation sites is 1. The molecule has 0 saturated heterocycles. The van der Waals surface area contributed by atoms with Gasteiger partial charge in [0.1, 0.15) is 11.0 Å². The van der Waals surface area contributed by atoms with Gasteiger partial charge in [0.2, 0.25) is 0 Å². The summed E-state index contributed by atoms with van der Waals surface area (Å²) in [5.41, 5.74) is 0.344. The first-order valence-corrected chi connectivity index (χ1v) is 7.73. The minimum absolute atomic E-state index is 0.124. The number of rotatable bonds is 3. The van der Waals surface area contributed by atoms with Crippen molar-refractivity contribution >= 4 is 38.3 Å². The molecule has 2 aromatic rings. The highest BCUT2D eigenvalue weighted by Gasteiger charge is 2.20. The summed E-state index contributed by atoms with van der Waals surface area (Å²) in [4.78, 5) is 3.62. The van der Waals surface area contributed by atoms with Gasteiger partial charge >= 0.3 is 0 Å². The lowest BCUT2D eigenvalue weighted by molar-refractivity contribution is 0.600. The molecule has 1 N–H and O–H groups in total. The van der Waals surface area contributed by atoms with Gasteiger partial charge in [0.05, 0.1) is 5.69 Å². The molecule has 1 aromatic heterocycles. The predicted octanol–water partition coefficient (Wildman–Crippen LogP) is 2.36. The maximum Gasteiger partial charge on any atom is 0.264 e. The van der Waals surface area contributed by atoms with Crippen LogP contribution in [0.15, 0.2) is 47.5 Å². The number of aromatic nitrogens is 1. The highest BCUT2D eigenvalue weighted by atomic mass is 127. The Morgan fingerprint density at radius 3 is 2.63 bits per heavy atom. The van der Waals surface area contributed by atoms with Gasteiger partial charge in [0.25, 0.3) is 10.0 Å². The molecule has 19 heavy (non-hydrogen) atoms. The molecule has 0 aliphatic heterocycles. The third kappa shape index (κ3) is 3.02. The van der Waals surface area contributed by atoms with Crippen LogP contribution >= 0.6 is 22.6 Å². The molecule has 0 aliphatic carbocycles. The molecule has 1 heterocycles. The molecule has 2 rings (SSSR count). The van der Waals surface area contributed by atoms with E-state index in [0.29, 0.717) is 5.69 Å². The Hall–Kier alpha value is -1.66. The number of pyridine rings is 1. The van der Waals surface area contributed by atoms with E-state index < -0.39 is 10.0 Å². The zero-order valence-electron chi connectivity index (χ0n) is 9.54. The molecule has 0 saturated carbocycles. The van der Waals surface area contributed by atoms with Crippen molar-refractivity contribution in [3.63, 3.8) is 0 Å². The molecule has 5 nitrogen and oxygen atoms in total. The molecule has 0 aliphatic rings. The van der Waals surface area contributed by atoms with Crippen LogP contribution in [0.4, 0.5) is 5.69 Å². The monoisotopic (exact) mass is 385 g/mol. The Kier molecular flexibility index (Phi) is 4.01. The van der Waals surface area contributed by atoms with Gasteiger partial charge in [-0.2, -0.15) is 5.26 Å². The minimum Gasteiger partial charge on any atom is -0.278 e. The summed E-state index contributed by atoms with van der Waals surface area (Å²) in [5.74, 6) is 0. The normalized spacial score (nSPS) is 10.7. The van der Waals surface area contributed by atoms with Crippen LogP contribution in [0.2, 0.25) is 0 Å². The van der Waals surface area contributed by atoms with Gasteiger partial charge < -0.3 is 0 Å². The van der Waals surface area contributed by atoms with Gasteiger partial charge in [-0.05, 0) is 46.9 Å². The summed E-state index contributed by atoms with van der Waals surface area (Å²) in [5, 5.41) is 8.90. The van der Waals surface area contributed by atoms with Crippen molar-refractivity contribution in [2.75, 3.05) is 4.72 Å². The Bertz CT molecular complexity index is 754. The summed E-state index contributed by atoms with van der Waals surface area (Å²) >= 11 is 2.03. The molecular formula is C12H8IN3O2S. The van der Waals surface area contributed by atoms with Crippen LogP contribution in [0.1, 0.15) is 5.69 Å². The van der Waals surface area contributed by atoms with Crippen molar-refractivity contribution in [2.24, 2.45) is 0 Å². The molecule has 0 spiro atoms. The first kappa shape index (κ1) is 13.8. The summed E-state index contributed by atoms with van der Waals surface area (Å²) < 4.78 is 27.7. The Balaban J connectivity index is 2.45. The number of anilines is 1. The van der Waals surface area contributed by atoms with Gasteiger partial charge in [-0.25, -0.2) is 13.4 Å². The van der Waals surface area contributed by atoms with Gasteiger partial charge in [0.15, 0.2) is 5.69 Å². The summed E-state index contributed by atoms with van der Waals surface area (Å²) in [6.45, 7) is 0. The van der Waals surface area contributed by atoms with Crippen molar-refractivity contribution in [3.8, 4) is 6.07 Å². The first-order valence-electron chi connectivity index (χ1n) is 5.17. The van der Waals surface area contributed by atoms with Crippen LogP contribution in [-0.4, -0.2) is 13.4 Å². The lowest BCUT2D eigenvalue weighted by Crippen LogP contribution is -2.15. The molecule has 96 valence electrons. The van der Waals surface area contributed by atoms with Gasteiger partial charge in [-0.3, -0.25) is 4.72 Å². The quantitative estimate of drug-likeness (QED) is 0.823. The van der Waals surface area contributed by atoms with Crippen LogP contribution in [0.3, 0.4) is 0 Å². The fourth-order valence-corrected chi connectivity index (χ4v) is 3.33. The maximum absolute atomic E-state index is 12.2. The van der Waals surface area contributed by atoms with E-state index in [1.165, 1.54) is 18.3 Å². The van der Waals surface area contributed by atoms with Crippen LogP contribution in [0.25, 0.3) is 0 Å². The Labute approximate surface area is 124 Å². The lowest BCUT2D eigenvalue weighted by Gasteiger charge is -2.10. The van der Waals surface area contributed by atoms with Crippen molar-refractivity contribution < 1.29 is 8.42 Å². The Morgan fingerprint density at radius 2 is 1.95 bits per heavy atom. The number of benzene rings is 1. The van der Waals surface area contributed by atoms with Gasteiger partial charge in [-0.1, -0.05) is 12.1 Å². The van der Waals surface area contributed by atoms with E-state index in [2.05, 4.69) is 9.71 Å². The van der Waals surface area contributed by atoms with Crippen LogP contribution < -0.4 is 4.72 Å². The maximum atomic E-state index is 12.2. The van der Waals surface area contributed by atoms with E-state index in [4.69, 9.17) is 5.26 Å². The fraction of sp³-hybridized carbons (Fsp3) is 0. The van der Waals surface area contributed by atoms with E-state index in [0.717, 1.165) is 3.57 Å². The second kappa shape index (κ2) is 5.54. The van der Waals surface area contributed by atoms with Gasteiger partial charge in [0, 0.05) is 9.77 Å². The minimum atomic E-state index is -3.82. The lowest BCUT2D eigenvalue weighted by atomic mass is 10.3. The third-order valence-corrected chi connectivity index (χ3v) is 4.62. The number of nitriles is 1. The first-order chi connectivity index (χ1) is 9.04. The third-order valence-electron chi connectivity index (χ3n) is 2.28. The van der Waals surface area contributed by atoms with Crippen LogP contribution in [0.5, 0.6) is 0 Å². The van der Waals surface area contributed by atoms with Crippen molar-refractivity contribution in [1.29, 1.82) is 5.26 Å². The molecule has 0 amide bonds. The second-order valence-corrected chi connectivity index (χ2v) is 6.36. The zero-order chi connectivity index (χ0) is 13.9. The fourth-order valence-electron chi connectivity index (χ4n) is 1.44. The number of nitrogens with one attached hydrogen (secondary N) is 1. The summed E-state index contributed by atoms with van der Waals surface area (Å²) in [6, 6.07) is 11.6. The van der Waals surface area contributed by atoms with Crippen molar-refractivity contribution in [1.82, 2.24) is 4.98 Å². The number of hydrogen-bond acceptors (Lipinski definition) is 4. The molecular weight excluding hydrogens is 377 g/mol. The standard InChI is InChI=1S/C12H8IN3O2S/c13-9-4-1-2-5-10(9)16-19(17,18)12-6-3-7-15-11(12)8-14/h1-7,16H. The van der Waals surface area contributed by atoms with Crippen molar-refractivity contribution in [2.45, 2.75) is 4.90 Å². The molecule has 0 fully saturated rings.